The maximum absolute atomic E-state index is 4.33. The Labute approximate surface area is 99.1 Å². The van der Waals surface area contributed by atoms with Gasteiger partial charge in [-0.2, -0.15) is 0 Å². The molecule has 0 aliphatic heterocycles. The van der Waals surface area contributed by atoms with E-state index in [1.165, 1.54) is 4.88 Å². The number of thiazole rings is 1. The Balaban J connectivity index is 1.94. The molecule has 2 rings (SSSR count). The maximum Gasteiger partial charge on any atom is 0.183 e. The van der Waals surface area contributed by atoms with Gasteiger partial charge in [-0.05, 0) is 28.9 Å². The van der Waals surface area contributed by atoms with E-state index in [4.69, 9.17) is 0 Å². The summed E-state index contributed by atoms with van der Waals surface area (Å²) in [6.07, 6.45) is 0. The summed E-state index contributed by atoms with van der Waals surface area (Å²) >= 11 is 6.82. The van der Waals surface area contributed by atoms with Gasteiger partial charge in [0.1, 0.15) is 0 Å². The lowest BCUT2D eigenvalue weighted by Gasteiger charge is -1.98. The molecule has 2 nitrogen and oxygen atoms in total. The van der Waals surface area contributed by atoms with Crippen molar-refractivity contribution in [1.29, 1.82) is 0 Å². The van der Waals surface area contributed by atoms with Crippen molar-refractivity contribution in [2.24, 2.45) is 0 Å². The molecule has 74 valence electrons. The topological polar surface area (TPSA) is 24.9 Å². The smallest absolute Gasteiger partial charge is 0.183 e. The van der Waals surface area contributed by atoms with Gasteiger partial charge in [-0.25, -0.2) is 4.98 Å². The second-order valence-electron chi connectivity index (χ2n) is 2.88. The number of anilines is 1. The molecule has 2 aromatic rings. The number of hydrogen-bond acceptors (Lipinski definition) is 4. The van der Waals surface area contributed by atoms with E-state index in [-0.39, 0.29) is 0 Å². The number of thiophene rings is 1. The van der Waals surface area contributed by atoms with E-state index < -0.39 is 0 Å². The number of aryl methyl sites for hydroxylation is 1. The van der Waals surface area contributed by atoms with Crippen molar-refractivity contribution >= 4 is 43.7 Å². The van der Waals surface area contributed by atoms with Crippen molar-refractivity contribution in [3.05, 3.63) is 31.9 Å². The fourth-order valence-corrected chi connectivity index (χ4v) is 3.12. The first-order chi connectivity index (χ1) is 6.74. The van der Waals surface area contributed by atoms with Gasteiger partial charge in [-0.1, -0.05) is 0 Å². The third-order valence-electron chi connectivity index (χ3n) is 1.65. The van der Waals surface area contributed by atoms with Crippen LogP contribution in [-0.2, 0) is 6.54 Å². The second-order valence-corrected chi connectivity index (χ2v) is 5.65. The summed E-state index contributed by atoms with van der Waals surface area (Å²) in [6.45, 7) is 2.85. The fraction of sp³-hybridized carbons (Fsp3) is 0.222. The van der Waals surface area contributed by atoms with Gasteiger partial charge in [0.15, 0.2) is 5.13 Å². The molecule has 14 heavy (non-hydrogen) atoms. The lowest BCUT2D eigenvalue weighted by Crippen LogP contribution is -1.96. The number of nitrogens with zero attached hydrogens (tertiary/aromatic N) is 1. The van der Waals surface area contributed by atoms with Crippen LogP contribution in [0.2, 0.25) is 0 Å². The summed E-state index contributed by atoms with van der Waals surface area (Å²) < 4.78 is 1.15. The summed E-state index contributed by atoms with van der Waals surface area (Å²) in [4.78, 5) is 5.64. The SMILES string of the molecule is Cc1csc(NCc2cc(Br)cs2)n1. The molecule has 5 heteroatoms. The number of rotatable bonds is 3. The van der Waals surface area contributed by atoms with E-state index in [0.717, 1.165) is 21.8 Å². The van der Waals surface area contributed by atoms with Crippen LogP contribution in [0.25, 0.3) is 0 Å². The molecule has 0 aromatic carbocycles. The molecule has 0 aliphatic rings. The molecule has 1 N–H and O–H groups in total. The Morgan fingerprint density at radius 3 is 2.86 bits per heavy atom. The van der Waals surface area contributed by atoms with Crippen LogP contribution >= 0.6 is 38.6 Å². The summed E-state index contributed by atoms with van der Waals surface area (Å²) in [6, 6.07) is 2.12. The summed E-state index contributed by atoms with van der Waals surface area (Å²) in [7, 11) is 0. The molecule has 0 unspecified atom stereocenters. The van der Waals surface area contributed by atoms with E-state index in [9.17, 15) is 0 Å². The van der Waals surface area contributed by atoms with Crippen LogP contribution in [0.3, 0.4) is 0 Å². The van der Waals surface area contributed by atoms with Crippen molar-refractivity contribution in [2.45, 2.75) is 13.5 Å². The molecule has 0 saturated heterocycles. The molecule has 0 amide bonds. The Hall–Kier alpha value is -0.390. The van der Waals surface area contributed by atoms with Crippen LogP contribution in [0, 0.1) is 6.92 Å². The number of hydrogen-bond donors (Lipinski definition) is 1. The molecule has 0 radical (unpaired) electrons. The summed E-state index contributed by atoms with van der Waals surface area (Å²) in [5.74, 6) is 0. The van der Waals surface area contributed by atoms with E-state index in [0.29, 0.717) is 0 Å². The normalized spacial score (nSPS) is 10.4. The van der Waals surface area contributed by atoms with Crippen molar-refractivity contribution in [3.63, 3.8) is 0 Å². The first-order valence-electron chi connectivity index (χ1n) is 4.13. The molecule has 0 fully saturated rings. The minimum absolute atomic E-state index is 0.850. The number of aromatic nitrogens is 1. The molecular formula is C9H9BrN2S2. The highest BCUT2D eigenvalue weighted by Crippen LogP contribution is 2.21. The molecular weight excluding hydrogens is 280 g/mol. The zero-order valence-electron chi connectivity index (χ0n) is 7.58. The van der Waals surface area contributed by atoms with Gasteiger partial charge in [-0.15, -0.1) is 22.7 Å². The first kappa shape index (κ1) is 10.1. The summed E-state index contributed by atoms with van der Waals surface area (Å²) in [5, 5.41) is 8.42. The van der Waals surface area contributed by atoms with Gasteiger partial charge in [0.25, 0.3) is 0 Å². The predicted octanol–water partition coefficient (Wildman–Crippen LogP) is 3.89. The molecule has 0 saturated carbocycles. The second kappa shape index (κ2) is 4.42. The number of halogens is 1. The van der Waals surface area contributed by atoms with E-state index in [1.54, 1.807) is 22.7 Å². The highest BCUT2D eigenvalue weighted by atomic mass is 79.9. The minimum Gasteiger partial charge on any atom is -0.357 e. The van der Waals surface area contributed by atoms with Crippen LogP contribution in [0.1, 0.15) is 10.6 Å². The van der Waals surface area contributed by atoms with E-state index in [2.05, 4.69) is 37.7 Å². The number of nitrogens with one attached hydrogen (secondary N) is 1. The first-order valence-corrected chi connectivity index (χ1v) is 6.68. The Kier molecular flexibility index (Phi) is 3.20. The molecule has 0 bridgehead atoms. The zero-order chi connectivity index (χ0) is 9.97. The molecule has 0 atom stereocenters. The molecule has 0 spiro atoms. The largest absolute Gasteiger partial charge is 0.357 e. The highest BCUT2D eigenvalue weighted by molar-refractivity contribution is 9.10. The van der Waals surface area contributed by atoms with Gasteiger partial charge in [-0.3, -0.25) is 0 Å². The van der Waals surface area contributed by atoms with Crippen molar-refractivity contribution < 1.29 is 0 Å². The Bertz CT molecular complexity index is 382. The molecule has 0 aliphatic carbocycles. The highest BCUT2D eigenvalue weighted by Gasteiger charge is 2.00. The zero-order valence-corrected chi connectivity index (χ0v) is 10.8. The van der Waals surface area contributed by atoms with Crippen LogP contribution < -0.4 is 5.32 Å². The van der Waals surface area contributed by atoms with Crippen LogP contribution in [-0.4, -0.2) is 4.98 Å². The van der Waals surface area contributed by atoms with E-state index >= 15 is 0 Å². The van der Waals surface area contributed by atoms with Gasteiger partial charge in [0, 0.05) is 20.1 Å². The third-order valence-corrected chi connectivity index (χ3v) is 4.27. The van der Waals surface area contributed by atoms with Gasteiger partial charge >= 0.3 is 0 Å². The van der Waals surface area contributed by atoms with Crippen LogP contribution in [0.15, 0.2) is 21.3 Å². The fourth-order valence-electron chi connectivity index (χ4n) is 1.04. The van der Waals surface area contributed by atoms with Crippen LogP contribution in [0.5, 0.6) is 0 Å². The van der Waals surface area contributed by atoms with Crippen molar-refractivity contribution in [3.8, 4) is 0 Å². The Morgan fingerprint density at radius 2 is 2.29 bits per heavy atom. The predicted molar refractivity (Wildman–Crippen MR) is 66.2 cm³/mol. The minimum atomic E-state index is 0.850. The van der Waals surface area contributed by atoms with Crippen molar-refractivity contribution in [2.75, 3.05) is 5.32 Å². The average molecular weight is 289 g/mol. The van der Waals surface area contributed by atoms with Crippen LogP contribution in [0.4, 0.5) is 5.13 Å². The van der Waals surface area contributed by atoms with Crippen molar-refractivity contribution in [1.82, 2.24) is 4.98 Å². The summed E-state index contributed by atoms with van der Waals surface area (Å²) in [5.41, 5.74) is 1.07. The van der Waals surface area contributed by atoms with Gasteiger partial charge < -0.3 is 5.32 Å². The third kappa shape index (κ3) is 2.56. The maximum atomic E-state index is 4.33. The average Bonchev–Trinajstić information content (AvgIpc) is 2.72. The molecule has 2 heterocycles. The lowest BCUT2D eigenvalue weighted by atomic mass is 10.5. The van der Waals surface area contributed by atoms with E-state index in [1.807, 2.05) is 12.3 Å². The Morgan fingerprint density at radius 1 is 1.43 bits per heavy atom. The molecule has 2 aromatic heterocycles. The lowest BCUT2D eigenvalue weighted by molar-refractivity contribution is 1.15. The van der Waals surface area contributed by atoms with Gasteiger partial charge in [0.05, 0.1) is 12.2 Å². The quantitative estimate of drug-likeness (QED) is 0.927. The van der Waals surface area contributed by atoms with Gasteiger partial charge in [0.2, 0.25) is 0 Å². The monoisotopic (exact) mass is 288 g/mol. The standard InChI is InChI=1S/C9H9BrN2S2/c1-6-4-14-9(12-6)11-3-8-2-7(10)5-13-8/h2,4-5H,3H2,1H3,(H,11,12).